The highest BCUT2D eigenvalue weighted by molar-refractivity contribution is 6.33. The summed E-state index contributed by atoms with van der Waals surface area (Å²) >= 11 is 6.68. The highest BCUT2D eigenvalue weighted by atomic mass is 35.5. The van der Waals surface area contributed by atoms with E-state index in [9.17, 15) is 0 Å². The molecule has 0 saturated heterocycles. The van der Waals surface area contributed by atoms with Crippen LogP contribution in [-0.4, -0.2) is 22.9 Å². The number of benzene rings is 1. The Balaban J connectivity index is 1.77. The highest BCUT2D eigenvalue weighted by Gasteiger charge is 2.31. The fourth-order valence-corrected chi connectivity index (χ4v) is 5.15. The lowest BCUT2D eigenvalue weighted by Crippen LogP contribution is -2.26. The summed E-state index contributed by atoms with van der Waals surface area (Å²) in [6, 6.07) is 8.20. The second-order valence-corrected chi connectivity index (χ2v) is 8.44. The standard InChI is InChI=1S/C23H29ClN4O/c1-15-12-16(2)21(20(24)13-15)28-10-4-7-19-22(27(3)26-23(19)28)17(8-9-25)14-18-6-5-11-29-18/h5-6,11-13,17H,4,7-10,14,25H2,1-3H3. The molecular formula is C23H29ClN4O. The van der Waals surface area contributed by atoms with Gasteiger partial charge in [0.15, 0.2) is 5.82 Å². The van der Waals surface area contributed by atoms with Gasteiger partial charge in [0.05, 0.1) is 17.0 Å². The first-order valence-electron chi connectivity index (χ1n) is 10.3. The number of fused-ring (bicyclic) bond motifs is 1. The molecule has 3 aromatic rings. The van der Waals surface area contributed by atoms with Crippen molar-refractivity contribution in [1.29, 1.82) is 0 Å². The quantitative estimate of drug-likeness (QED) is 0.615. The van der Waals surface area contributed by atoms with Gasteiger partial charge in [-0.05, 0) is 69.0 Å². The number of nitrogens with zero attached hydrogens (tertiary/aromatic N) is 3. The summed E-state index contributed by atoms with van der Waals surface area (Å²) in [6.45, 7) is 5.76. The van der Waals surface area contributed by atoms with E-state index in [1.54, 1.807) is 6.26 Å². The third-order valence-electron chi connectivity index (χ3n) is 5.83. The molecule has 2 aromatic heterocycles. The first-order chi connectivity index (χ1) is 14.0. The van der Waals surface area contributed by atoms with Crippen molar-refractivity contribution in [2.24, 2.45) is 12.8 Å². The van der Waals surface area contributed by atoms with Gasteiger partial charge in [0.2, 0.25) is 0 Å². The van der Waals surface area contributed by atoms with Crippen molar-refractivity contribution in [3.63, 3.8) is 0 Å². The van der Waals surface area contributed by atoms with Gasteiger partial charge in [0.25, 0.3) is 0 Å². The zero-order valence-electron chi connectivity index (χ0n) is 17.4. The first kappa shape index (κ1) is 20.0. The predicted molar refractivity (Wildman–Crippen MR) is 118 cm³/mol. The fourth-order valence-electron chi connectivity index (χ4n) is 4.73. The summed E-state index contributed by atoms with van der Waals surface area (Å²) in [5.41, 5.74) is 12.0. The van der Waals surface area contributed by atoms with Crippen LogP contribution in [0.2, 0.25) is 5.02 Å². The number of aryl methyl sites for hydroxylation is 3. The summed E-state index contributed by atoms with van der Waals surface area (Å²) in [5.74, 6) is 2.30. The number of furan rings is 1. The number of hydrogen-bond acceptors (Lipinski definition) is 4. The molecular weight excluding hydrogens is 384 g/mol. The van der Waals surface area contributed by atoms with Crippen LogP contribution in [0.5, 0.6) is 0 Å². The van der Waals surface area contributed by atoms with Crippen LogP contribution >= 0.6 is 11.6 Å². The molecule has 1 unspecified atom stereocenters. The van der Waals surface area contributed by atoms with Crippen molar-refractivity contribution in [3.05, 3.63) is 63.7 Å². The van der Waals surface area contributed by atoms with Crippen molar-refractivity contribution in [3.8, 4) is 0 Å². The first-order valence-corrected chi connectivity index (χ1v) is 10.7. The largest absolute Gasteiger partial charge is 0.469 e. The van der Waals surface area contributed by atoms with Gasteiger partial charge < -0.3 is 15.1 Å². The maximum absolute atomic E-state index is 6.68. The van der Waals surface area contributed by atoms with Gasteiger partial charge in [-0.1, -0.05) is 17.7 Å². The molecule has 0 amide bonds. The molecule has 0 aliphatic carbocycles. The van der Waals surface area contributed by atoms with E-state index in [-0.39, 0.29) is 5.92 Å². The monoisotopic (exact) mass is 412 g/mol. The van der Waals surface area contributed by atoms with Crippen molar-refractivity contribution >= 4 is 23.1 Å². The van der Waals surface area contributed by atoms with E-state index in [1.807, 2.05) is 29.9 Å². The molecule has 6 heteroatoms. The van der Waals surface area contributed by atoms with Crippen LogP contribution in [0.1, 0.15) is 46.9 Å². The van der Waals surface area contributed by atoms with Gasteiger partial charge in [-0.15, -0.1) is 0 Å². The number of anilines is 2. The van der Waals surface area contributed by atoms with Crippen LogP contribution in [0.4, 0.5) is 11.5 Å². The molecule has 0 fully saturated rings. The second-order valence-electron chi connectivity index (χ2n) is 8.04. The minimum atomic E-state index is 0.280. The zero-order chi connectivity index (χ0) is 20.5. The molecule has 1 aliphatic heterocycles. The Kier molecular flexibility index (Phi) is 5.70. The van der Waals surface area contributed by atoms with E-state index < -0.39 is 0 Å². The molecule has 1 atom stereocenters. The van der Waals surface area contributed by atoms with E-state index in [4.69, 9.17) is 26.9 Å². The van der Waals surface area contributed by atoms with Gasteiger partial charge in [0, 0.05) is 37.2 Å². The number of hydrogen-bond donors (Lipinski definition) is 1. The molecule has 0 spiro atoms. The molecule has 0 saturated carbocycles. The molecule has 2 N–H and O–H groups in total. The third-order valence-corrected chi connectivity index (χ3v) is 6.12. The van der Waals surface area contributed by atoms with E-state index in [0.717, 1.165) is 54.5 Å². The minimum absolute atomic E-state index is 0.280. The fraction of sp³-hybridized carbons (Fsp3) is 0.435. The smallest absolute Gasteiger partial charge is 0.158 e. The van der Waals surface area contributed by atoms with Crippen molar-refractivity contribution < 1.29 is 4.42 Å². The van der Waals surface area contributed by atoms with Gasteiger partial charge in [-0.25, -0.2) is 0 Å². The van der Waals surface area contributed by atoms with Crippen molar-refractivity contribution in [2.45, 2.75) is 45.4 Å². The normalized spacial score (nSPS) is 14.9. The van der Waals surface area contributed by atoms with Crippen LogP contribution in [0.3, 0.4) is 0 Å². The summed E-state index contributed by atoms with van der Waals surface area (Å²) < 4.78 is 7.67. The van der Waals surface area contributed by atoms with Crippen LogP contribution < -0.4 is 10.6 Å². The van der Waals surface area contributed by atoms with Crippen LogP contribution in [0.15, 0.2) is 34.9 Å². The lowest BCUT2D eigenvalue weighted by atomic mass is 9.90. The highest BCUT2D eigenvalue weighted by Crippen LogP contribution is 2.42. The zero-order valence-corrected chi connectivity index (χ0v) is 18.2. The van der Waals surface area contributed by atoms with Crippen LogP contribution in [0.25, 0.3) is 0 Å². The predicted octanol–water partition coefficient (Wildman–Crippen LogP) is 5.04. The van der Waals surface area contributed by atoms with Crippen molar-refractivity contribution in [2.75, 3.05) is 18.0 Å². The molecule has 154 valence electrons. The molecule has 4 rings (SSSR count). The van der Waals surface area contributed by atoms with Gasteiger partial charge in [-0.2, -0.15) is 5.10 Å². The lowest BCUT2D eigenvalue weighted by molar-refractivity contribution is 0.464. The van der Waals surface area contributed by atoms with Crippen molar-refractivity contribution in [1.82, 2.24) is 9.78 Å². The molecule has 29 heavy (non-hydrogen) atoms. The van der Waals surface area contributed by atoms with E-state index in [1.165, 1.54) is 22.4 Å². The van der Waals surface area contributed by atoms with Gasteiger partial charge in [0.1, 0.15) is 5.76 Å². The molecule has 1 aliphatic rings. The Bertz CT molecular complexity index is 970. The average Bonchev–Trinajstić information content (AvgIpc) is 3.28. The molecule has 0 radical (unpaired) electrons. The summed E-state index contributed by atoms with van der Waals surface area (Å²) in [7, 11) is 2.04. The molecule has 3 heterocycles. The average molecular weight is 413 g/mol. The Hall–Kier alpha value is -2.24. The maximum atomic E-state index is 6.68. The van der Waals surface area contributed by atoms with E-state index in [0.29, 0.717) is 6.54 Å². The van der Waals surface area contributed by atoms with E-state index in [2.05, 4.69) is 24.8 Å². The third kappa shape index (κ3) is 3.81. The number of halogens is 1. The number of nitrogens with two attached hydrogens (primary N) is 1. The van der Waals surface area contributed by atoms with Gasteiger partial charge >= 0.3 is 0 Å². The lowest BCUT2D eigenvalue weighted by Gasteiger charge is -2.30. The minimum Gasteiger partial charge on any atom is -0.469 e. The topological polar surface area (TPSA) is 60.2 Å². The SMILES string of the molecule is Cc1cc(C)c(N2CCCc3c2nn(C)c3C(CCN)Cc2ccco2)c(Cl)c1. The number of rotatable bonds is 6. The molecule has 1 aromatic carbocycles. The van der Waals surface area contributed by atoms with Crippen LogP contribution in [0, 0.1) is 13.8 Å². The molecule has 5 nitrogen and oxygen atoms in total. The van der Waals surface area contributed by atoms with Gasteiger partial charge in [-0.3, -0.25) is 4.68 Å². The Morgan fingerprint density at radius 3 is 2.83 bits per heavy atom. The summed E-state index contributed by atoms with van der Waals surface area (Å²) in [5, 5.41) is 5.75. The second kappa shape index (κ2) is 8.25. The maximum Gasteiger partial charge on any atom is 0.158 e. The Labute approximate surface area is 177 Å². The number of aromatic nitrogens is 2. The summed E-state index contributed by atoms with van der Waals surface area (Å²) in [4.78, 5) is 2.30. The summed E-state index contributed by atoms with van der Waals surface area (Å²) in [6.07, 6.45) is 5.57. The molecule has 0 bridgehead atoms. The van der Waals surface area contributed by atoms with Crippen LogP contribution in [-0.2, 0) is 19.9 Å². The Morgan fingerprint density at radius 2 is 2.14 bits per heavy atom. The Morgan fingerprint density at radius 1 is 1.31 bits per heavy atom. The van der Waals surface area contributed by atoms with E-state index >= 15 is 0 Å².